The molecule has 35 heavy (non-hydrogen) atoms. The van der Waals surface area contributed by atoms with Crippen molar-refractivity contribution in [3.05, 3.63) is 60.3 Å². The quantitative estimate of drug-likeness (QED) is 0.438. The van der Waals surface area contributed by atoms with Gasteiger partial charge in [-0.1, -0.05) is 37.3 Å². The number of anilines is 2. The molecule has 5 rings (SSSR count). The van der Waals surface area contributed by atoms with Gasteiger partial charge in [-0.05, 0) is 23.8 Å². The third-order valence-electron chi connectivity index (χ3n) is 6.54. The second kappa shape index (κ2) is 9.71. The predicted octanol–water partition coefficient (Wildman–Crippen LogP) is 3.27. The first-order chi connectivity index (χ1) is 17.1. The summed E-state index contributed by atoms with van der Waals surface area (Å²) in [7, 11) is 3.22. The Morgan fingerprint density at radius 3 is 2.60 bits per heavy atom. The summed E-state index contributed by atoms with van der Waals surface area (Å²) in [4.78, 5) is 20.9. The Kier molecular flexibility index (Phi) is 6.33. The Labute approximate surface area is 204 Å². The average Bonchev–Trinajstić information content (AvgIpc) is 2.92. The molecule has 0 amide bonds. The summed E-state index contributed by atoms with van der Waals surface area (Å²) in [5.74, 6) is 2.43. The summed E-state index contributed by atoms with van der Waals surface area (Å²) in [5.41, 5.74) is 10.0. The molecule has 4 aromatic rings. The van der Waals surface area contributed by atoms with Crippen LogP contribution in [-0.2, 0) is 0 Å². The fourth-order valence-electron chi connectivity index (χ4n) is 4.66. The molecule has 2 unspecified atom stereocenters. The second-order valence-electron chi connectivity index (χ2n) is 8.57. The van der Waals surface area contributed by atoms with Gasteiger partial charge < -0.3 is 25.4 Å². The number of rotatable bonds is 6. The Morgan fingerprint density at radius 1 is 1.03 bits per heavy atom. The van der Waals surface area contributed by atoms with Crippen LogP contribution in [0.5, 0.6) is 11.5 Å². The van der Waals surface area contributed by atoms with Crippen molar-refractivity contribution in [3.8, 4) is 22.8 Å². The molecule has 9 heteroatoms. The lowest BCUT2D eigenvalue weighted by Gasteiger charge is -2.40. The van der Waals surface area contributed by atoms with E-state index in [-0.39, 0.29) is 17.9 Å². The van der Waals surface area contributed by atoms with Gasteiger partial charge in [0.05, 0.1) is 26.1 Å². The monoisotopic (exact) mass is 471 g/mol. The summed E-state index contributed by atoms with van der Waals surface area (Å²) < 4.78 is 10.8. The van der Waals surface area contributed by atoms with Gasteiger partial charge >= 0.3 is 0 Å². The fraction of sp³-hybridized carbons (Fsp3) is 0.308. The van der Waals surface area contributed by atoms with Gasteiger partial charge in [0.1, 0.15) is 0 Å². The summed E-state index contributed by atoms with van der Waals surface area (Å²) in [6.45, 7) is 4.68. The van der Waals surface area contributed by atoms with Gasteiger partial charge in [0.2, 0.25) is 5.95 Å². The standard InChI is InChI=1S/C26H29N7O2/c1-16(17-7-5-4-6-8-17)20-15-28-11-12-33(20)25-23-24(31-26(27)32-25)29-14-19(30-23)18-9-10-21(34-2)22(13-18)35-3/h4-10,13-14,16,20,28H,11-12,15H2,1-3H3,(H2,27,29,31,32). The van der Waals surface area contributed by atoms with E-state index in [9.17, 15) is 0 Å². The van der Waals surface area contributed by atoms with Crippen LogP contribution < -0.4 is 25.4 Å². The highest BCUT2D eigenvalue weighted by atomic mass is 16.5. The molecule has 2 aromatic carbocycles. The molecule has 180 valence electrons. The molecule has 2 atom stereocenters. The summed E-state index contributed by atoms with van der Waals surface area (Å²) in [6.07, 6.45) is 1.70. The number of ether oxygens (including phenoxy) is 2. The zero-order chi connectivity index (χ0) is 24.4. The van der Waals surface area contributed by atoms with Crippen molar-refractivity contribution in [2.75, 3.05) is 44.5 Å². The van der Waals surface area contributed by atoms with Gasteiger partial charge in [0, 0.05) is 37.2 Å². The Morgan fingerprint density at radius 2 is 1.83 bits per heavy atom. The minimum absolute atomic E-state index is 0.162. The van der Waals surface area contributed by atoms with Crippen molar-refractivity contribution in [1.82, 2.24) is 25.3 Å². The number of nitrogens with two attached hydrogens (primary N) is 1. The smallest absolute Gasteiger partial charge is 0.224 e. The molecule has 0 saturated carbocycles. The van der Waals surface area contributed by atoms with Gasteiger partial charge in [-0.15, -0.1) is 0 Å². The van der Waals surface area contributed by atoms with E-state index in [1.54, 1.807) is 20.4 Å². The van der Waals surface area contributed by atoms with Crippen LogP contribution in [0.4, 0.5) is 11.8 Å². The largest absolute Gasteiger partial charge is 0.493 e. The number of piperazine rings is 1. The predicted molar refractivity (Wildman–Crippen MR) is 137 cm³/mol. The molecule has 0 aliphatic carbocycles. The van der Waals surface area contributed by atoms with E-state index in [4.69, 9.17) is 20.2 Å². The normalized spacial score (nSPS) is 16.8. The molecule has 0 radical (unpaired) electrons. The zero-order valence-corrected chi connectivity index (χ0v) is 20.1. The lowest BCUT2D eigenvalue weighted by Crippen LogP contribution is -2.54. The first kappa shape index (κ1) is 22.8. The van der Waals surface area contributed by atoms with Crippen molar-refractivity contribution >= 4 is 22.9 Å². The lowest BCUT2D eigenvalue weighted by atomic mass is 9.91. The number of nitrogens with zero attached hydrogens (tertiary/aromatic N) is 5. The van der Waals surface area contributed by atoms with E-state index in [1.165, 1.54) is 5.56 Å². The number of fused-ring (bicyclic) bond motifs is 1. The Bertz CT molecular complexity index is 1330. The summed E-state index contributed by atoms with van der Waals surface area (Å²) >= 11 is 0. The van der Waals surface area contributed by atoms with Crippen LogP contribution in [0.15, 0.2) is 54.7 Å². The van der Waals surface area contributed by atoms with Crippen molar-refractivity contribution in [2.45, 2.75) is 18.9 Å². The third kappa shape index (κ3) is 4.42. The fourth-order valence-corrected chi connectivity index (χ4v) is 4.66. The second-order valence-corrected chi connectivity index (χ2v) is 8.57. The van der Waals surface area contributed by atoms with Crippen LogP contribution in [0.1, 0.15) is 18.4 Å². The molecule has 1 aliphatic rings. The maximum atomic E-state index is 6.12. The molecule has 2 aromatic heterocycles. The van der Waals surface area contributed by atoms with Crippen LogP contribution in [0.3, 0.4) is 0 Å². The van der Waals surface area contributed by atoms with E-state index >= 15 is 0 Å². The molecule has 0 bridgehead atoms. The molecule has 1 saturated heterocycles. The molecular weight excluding hydrogens is 442 g/mol. The maximum Gasteiger partial charge on any atom is 0.224 e. The van der Waals surface area contributed by atoms with Gasteiger partial charge in [-0.3, -0.25) is 0 Å². The third-order valence-corrected chi connectivity index (χ3v) is 6.54. The van der Waals surface area contributed by atoms with E-state index in [0.29, 0.717) is 34.2 Å². The topological polar surface area (TPSA) is 111 Å². The van der Waals surface area contributed by atoms with Gasteiger partial charge in [0.15, 0.2) is 28.5 Å². The number of nitrogen functional groups attached to an aromatic ring is 1. The Balaban J connectivity index is 1.60. The summed E-state index contributed by atoms with van der Waals surface area (Å²) in [5, 5.41) is 3.53. The molecule has 3 heterocycles. The van der Waals surface area contributed by atoms with Crippen molar-refractivity contribution in [2.24, 2.45) is 0 Å². The number of hydrogen-bond acceptors (Lipinski definition) is 9. The molecule has 1 fully saturated rings. The van der Waals surface area contributed by atoms with E-state index in [1.807, 2.05) is 24.3 Å². The van der Waals surface area contributed by atoms with Gasteiger partial charge in [-0.25, -0.2) is 9.97 Å². The first-order valence-corrected chi connectivity index (χ1v) is 11.6. The van der Waals surface area contributed by atoms with E-state index in [0.717, 1.165) is 25.2 Å². The molecule has 1 aliphatic heterocycles. The van der Waals surface area contributed by atoms with E-state index < -0.39 is 0 Å². The summed E-state index contributed by atoms with van der Waals surface area (Å²) in [6, 6.07) is 16.4. The molecule has 9 nitrogen and oxygen atoms in total. The van der Waals surface area contributed by atoms with Crippen molar-refractivity contribution in [1.29, 1.82) is 0 Å². The molecule has 0 spiro atoms. The number of methoxy groups -OCH3 is 2. The van der Waals surface area contributed by atoms with E-state index in [2.05, 4.69) is 56.4 Å². The van der Waals surface area contributed by atoms with Crippen LogP contribution in [-0.4, -0.2) is 59.8 Å². The zero-order valence-electron chi connectivity index (χ0n) is 20.1. The number of nitrogens with one attached hydrogen (secondary N) is 1. The Hall–Kier alpha value is -3.98. The number of aromatic nitrogens is 4. The first-order valence-electron chi connectivity index (χ1n) is 11.6. The maximum absolute atomic E-state index is 6.12. The van der Waals surface area contributed by atoms with Gasteiger partial charge in [-0.2, -0.15) is 9.97 Å². The molecular formula is C26H29N7O2. The highest BCUT2D eigenvalue weighted by Crippen LogP contribution is 2.34. The minimum atomic E-state index is 0.162. The van der Waals surface area contributed by atoms with Crippen LogP contribution >= 0.6 is 0 Å². The highest BCUT2D eigenvalue weighted by molar-refractivity contribution is 5.86. The number of hydrogen-bond donors (Lipinski definition) is 2. The highest BCUT2D eigenvalue weighted by Gasteiger charge is 2.31. The van der Waals surface area contributed by atoms with Crippen LogP contribution in [0.2, 0.25) is 0 Å². The number of benzene rings is 2. The van der Waals surface area contributed by atoms with Gasteiger partial charge in [0.25, 0.3) is 0 Å². The SMILES string of the molecule is COc1ccc(-c2cnc3nc(N)nc(N4CCNCC4C(C)c4ccccc4)c3n2)cc1OC. The van der Waals surface area contributed by atoms with Crippen molar-refractivity contribution in [3.63, 3.8) is 0 Å². The van der Waals surface area contributed by atoms with Crippen LogP contribution in [0.25, 0.3) is 22.4 Å². The van der Waals surface area contributed by atoms with Crippen molar-refractivity contribution < 1.29 is 9.47 Å². The lowest BCUT2D eigenvalue weighted by molar-refractivity contribution is 0.355. The molecule has 3 N–H and O–H groups in total. The average molecular weight is 472 g/mol. The van der Waals surface area contributed by atoms with Crippen LogP contribution in [0, 0.1) is 0 Å². The minimum Gasteiger partial charge on any atom is -0.493 e.